The van der Waals surface area contributed by atoms with E-state index in [-0.39, 0.29) is 18.4 Å². The Balaban J connectivity index is 1.88. The van der Waals surface area contributed by atoms with Crippen LogP contribution in [-0.4, -0.2) is 18.4 Å². The summed E-state index contributed by atoms with van der Waals surface area (Å²) in [6.45, 7) is 1.81. The lowest BCUT2D eigenvalue weighted by molar-refractivity contribution is -0.115. The summed E-state index contributed by atoms with van der Waals surface area (Å²) in [5, 5.41) is 5.35. The van der Waals surface area contributed by atoms with Crippen LogP contribution < -0.4 is 10.6 Å². The zero-order valence-corrected chi connectivity index (χ0v) is 13.7. The van der Waals surface area contributed by atoms with Gasteiger partial charge in [0.05, 0.1) is 6.54 Å². The molecular formula is C16H15IN2O2. The van der Waals surface area contributed by atoms with E-state index in [2.05, 4.69) is 33.2 Å². The quantitative estimate of drug-likeness (QED) is 0.784. The van der Waals surface area contributed by atoms with E-state index in [4.69, 9.17) is 0 Å². The summed E-state index contributed by atoms with van der Waals surface area (Å²) in [7, 11) is 0. The second kappa shape index (κ2) is 7.21. The number of aryl methyl sites for hydroxylation is 1. The molecule has 0 aromatic heterocycles. The molecule has 0 unspecified atom stereocenters. The van der Waals surface area contributed by atoms with Crippen LogP contribution in [0.2, 0.25) is 0 Å². The Kier molecular flexibility index (Phi) is 5.32. The van der Waals surface area contributed by atoms with Crippen molar-refractivity contribution in [2.75, 3.05) is 11.9 Å². The van der Waals surface area contributed by atoms with E-state index in [9.17, 15) is 9.59 Å². The third-order valence-electron chi connectivity index (χ3n) is 2.93. The summed E-state index contributed by atoms with van der Waals surface area (Å²) >= 11 is 2.20. The molecule has 2 aromatic carbocycles. The van der Waals surface area contributed by atoms with Gasteiger partial charge < -0.3 is 10.6 Å². The highest BCUT2D eigenvalue weighted by atomic mass is 127. The van der Waals surface area contributed by atoms with E-state index >= 15 is 0 Å². The summed E-state index contributed by atoms with van der Waals surface area (Å²) in [5.74, 6) is -0.496. The Labute approximate surface area is 137 Å². The van der Waals surface area contributed by atoms with Crippen molar-refractivity contribution in [2.24, 2.45) is 0 Å². The van der Waals surface area contributed by atoms with Crippen LogP contribution in [-0.2, 0) is 4.79 Å². The Morgan fingerprint density at radius 3 is 2.38 bits per heavy atom. The third-order valence-corrected chi connectivity index (χ3v) is 3.65. The van der Waals surface area contributed by atoms with Crippen molar-refractivity contribution in [3.63, 3.8) is 0 Å². The molecule has 0 aliphatic heterocycles. The minimum Gasteiger partial charge on any atom is -0.343 e. The number of carbonyl (C=O) groups excluding carboxylic acids is 2. The second-order valence-electron chi connectivity index (χ2n) is 4.55. The van der Waals surface area contributed by atoms with Crippen molar-refractivity contribution in [1.29, 1.82) is 0 Å². The molecule has 4 nitrogen and oxygen atoms in total. The maximum atomic E-state index is 12.0. The molecule has 0 fully saturated rings. The minimum absolute atomic E-state index is 0.0564. The van der Waals surface area contributed by atoms with Crippen LogP contribution in [0.1, 0.15) is 15.9 Å². The molecule has 0 saturated heterocycles. The molecule has 0 atom stereocenters. The largest absolute Gasteiger partial charge is 0.343 e. The molecule has 2 amide bonds. The van der Waals surface area contributed by atoms with E-state index < -0.39 is 0 Å². The van der Waals surface area contributed by atoms with Gasteiger partial charge in [0, 0.05) is 14.8 Å². The maximum Gasteiger partial charge on any atom is 0.251 e. The van der Waals surface area contributed by atoms with Crippen LogP contribution in [0.15, 0.2) is 48.5 Å². The lowest BCUT2D eigenvalue weighted by atomic mass is 10.1. The third kappa shape index (κ3) is 4.56. The molecule has 0 aliphatic carbocycles. The highest BCUT2D eigenvalue weighted by Crippen LogP contribution is 2.11. The van der Waals surface area contributed by atoms with Gasteiger partial charge >= 0.3 is 0 Å². The van der Waals surface area contributed by atoms with E-state index in [0.29, 0.717) is 11.3 Å². The van der Waals surface area contributed by atoms with Crippen molar-refractivity contribution in [1.82, 2.24) is 5.32 Å². The molecule has 0 aliphatic rings. The van der Waals surface area contributed by atoms with Gasteiger partial charge in [0.15, 0.2) is 0 Å². The van der Waals surface area contributed by atoms with Gasteiger partial charge in [0.2, 0.25) is 5.91 Å². The van der Waals surface area contributed by atoms with Crippen LogP contribution in [0.4, 0.5) is 5.69 Å². The first-order valence-corrected chi connectivity index (χ1v) is 7.53. The summed E-state index contributed by atoms with van der Waals surface area (Å²) < 4.78 is 1.10. The first-order chi connectivity index (χ1) is 10.1. The second-order valence-corrected chi connectivity index (χ2v) is 5.80. The highest BCUT2D eigenvalue weighted by molar-refractivity contribution is 14.1. The van der Waals surface area contributed by atoms with Crippen LogP contribution in [0.3, 0.4) is 0 Å². The van der Waals surface area contributed by atoms with Crippen molar-refractivity contribution >= 4 is 40.1 Å². The molecule has 0 spiro atoms. The van der Waals surface area contributed by atoms with Gasteiger partial charge in [-0.05, 0) is 65.4 Å². The number of halogens is 1. The molecule has 5 heteroatoms. The van der Waals surface area contributed by atoms with Crippen molar-refractivity contribution < 1.29 is 9.59 Å². The number of nitrogens with one attached hydrogen (secondary N) is 2. The number of hydrogen-bond acceptors (Lipinski definition) is 2. The molecule has 0 heterocycles. The van der Waals surface area contributed by atoms with Crippen molar-refractivity contribution in [3.8, 4) is 0 Å². The lowest BCUT2D eigenvalue weighted by Gasteiger charge is -2.08. The SMILES string of the molecule is Cc1ccccc1C(=O)NCC(=O)Nc1ccc(I)cc1. The Hall–Kier alpha value is -1.89. The van der Waals surface area contributed by atoms with Crippen LogP contribution in [0.5, 0.6) is 0 Å². The Morgan fingerprint density at radius 2 is 1.71 bits per heavy atom. The minimum atomic E-state index is -0.252. The fourth-order valence-corrected chi connectivity index (χ4v) is 2.18. The average molecular weight is 394 g/mol. The first-order valence-electron chi connectivity index (χ1n) is 6.45. The first kappa shape index (κ1) is 15.5. The predicted molar refractivity (Wildman–Crippen MR) is 91.3 cm³/mol. The van der Waals surface area contributed by atoms with Crippen molar-refractivity contribution in [3.05, 3.63) is 63.2 Å². The maximum absolute atomic E-state index is 12.0. The normalized spacial score (nSPS) is 10.0. The Morgan fingerprint density at radius 1 is 1.05 bits per heavy atom. The number of amides is 2. The van der Waals surface area contributed by atoms with Gasteiger partial charge in [-0.3, -0.25) is 9.59 Å². The van der Waals surface area contributed by atoms with Gasteiger partial charge in [-0.25, -0.2) is 0 Å². The standard InChI is InChI=1S/C16H15IN2O2/c1-11-4-2-3-5-14(11)16(21)18-10-15(20)19-13-8-6-12(17)7-9-13/h2-9H,10H2,1H3,(H,18,21)(H,19,20). The zero-order chi connectivity index (χ0) is 15.2. The number of benzene rings is 2. The summed E-state index contributed by atoms with van der Waals surface area (Å²) in [4.78, 5) is 23.8. The summed E-state index contributed by atoms with van der Waals surface area (Å²) in [5.41, 5.74) is 2.18. The van der Waals surface area contributed by atoms with E-state index in [1.54, 1.807) is 12.1 Å². The fourth-order valence-electron chi connectivity index (χ4n) is 1.82. The molecule has 0 bridgehead atoms. The molecule has 0 saturated carbocycles. The Bertz CT molecular complexity index is 654. The molecule has 21 heavy (non-hydrogen) atoms. The predicted octanol–water partition coefficient (Wildman–Crippen LogP) is 2.97. The van der Waals surface area contributed by atoms with Gasteiger partial charge in [-0.15, -0.1) is 0 Å². The molecule has 2 rings (SSSR count). The lowest BCUT2D eigenvalue weighted by Crippen LogP contribution is -2.33. The molecule has 0 radical (unpaired) electrons. The fraction of sp³-hybridized carbons (Fsp3) is 0.125. The monoisotopic (exact) mass is 394 g/mol. The number of anilines is 1. The molecule has 2 aromatic rings. The molecule has 2 N–H and O–H groups in total. The topological polar surface area (TPSA) is 58.2 Å². The summed E-state index contributed by atoms with van der Waals surface area (Å²) in [6.07, 6.45) is 0. The van der Waals surface area contributed by atoms with E-state index in [0.717, 1.165) is 9.13 Å². The van der Waals surface area contributed by atoms with Crippen LogP contribution >= 0.6 is 22.6 Å². The van der Waals surface area contributed by atoms with E-state index in [1.165, 1.54) is 0 Å². The zero-order valence-electron chi connectivity index (χ0n) is 11.5. The van der Waals surface area contributed by atoms with Crippen molar-refractivity contribution in [2.45, 2.75) is 6.92 Å². The van der Waals surface area contributed by atoms with E-state index in [1.807, 2.05) is 43.3 Å². The summed E-state index contributed by atoms with van der Waals surface area (Å²) in [6, 6.07) is 14.7. The average Bonchev–Trinajstić information content (AvgIpc) is 2.48. The number of rotatable bonds is 4. The smallest absolute Gasteiger partial charge is 0.251 e. The highest BCUT2D eigenvalue weighted by Gasteiger charge is 2.09. The number of hydrogen-bond donors (Lipinski definition) is 2. The van der Waals surface area contributed by atoms with Gasteiger partial charge in [-0.1, -0.05) is 18.2 Å². The van der Waals surface area contributed by atoms with Crippen LogP contribution in [0.25, 0.3) is 0 Å². The van der Waals surface area contributed by atoms with Gasteiger partial charge in [0.25, 0.3) is 5.91 Å². The van der Waals surface area contributed by atoms with Gasteiger partial charge in [0.1, 0.15) is 0 Å². The number of carbonyl (C=O) groups is 2. The van der Waals surface area contributed by atoms with Gasteiger partial charge in [-0.2, -0.15) is 0 Å². The molecule has 108 valence electrons. The van der Waals surface area contributed by atoms with Crippen LogP contribution in [0, 0.1) is 10.5 Å². The molecular weight excluding hydrogens is 379 g/mol.